The van der Waals surface area contributed by atoms with Crippen molar-refractivity contribution in [2.45, 2.75) is 140 Å². The fraction of sp³-hybridized carbons (Fsp3) is 0.833. The van der Waals surface area contributed by atoms with Crippen LogP contribution >= 0.6 is 0 Å². The summed E-state index contributed by atoms with van der Waals surface area (Å²) in [5.74, 6) is -2.50. The van der Waals surface area contributed by atoms with Crippen molar-refractivity contribution in [2.75, 3.05) is 52.5 Å². The molecule has 0 aromatic rings. The molecule has 0 saturated carbocycles. The highest BCUT2D eigenvalue weighted by atomic mass is 16.3. The van der Waals surface area contributed by atoms with Crippen molar-refractivity contribution < 1.29 is 39.0 Å². The predicted molar refractivity (Wildman–Crippen MR) is 207 cm³/mol. The SMILES string of the molecule is NCCCC[C@H](NC(=O)CCO)C(=O)N[C@@H](CCCCN)C(=O)NCCCCCCNC(=O)[C@H](CCCCN)NC(=O)[C@H](CCCCN)NC(=O)CCO. The minimum Gasteiger partial charge on any atom is -0.396 e. The molecule has 16 N–H and O–H groups in total. The summed E-state index contributed by atoms with van der Waals surface area (Å²) in [6, 6.07) is -3.32. The Hall–Kier alpha value is -3.42. The maximum Gasteiger partial charge on any atom is 0.243 e. The van der Waals surface area contributed by atoms with Crippen LogP contribution in [0.25, 0.3) is 0 Å². The molecule has 18 nitrogen and oxygen atoms in total. The molecular weight excluding hydrogens is 700 g/mol. The van der Waals surface area contributed by atoms with Crippen LogP contribution in [-0.2, 0) is 28.8 Å². The van der Waals surface area contributed by atoms with E-state index in [1.165, 1.54) is 0 Å². The Bertz CT molecular complexity index is 975. The standard InChI is InChI=1S/C36H72N10O8/c37-19-7-3-13-27(45-35(53)29(15-5-9-21-39)43-31(49)17-25-47)33(51)41-23-11-1-2-12-24-42-34(52)28(14-4-8-20-38)46-36(54)30(16-6-10-22-40)44-32(50)18-26-48/h27-30,47-48H,1-26,37-40H2,(H,41,51)(H,42,52)(H,43,49)(H,44,50)(H,45,53)(H,46,54)/t27-,28-,29-,30-/m0/s1. The largest absolute Gasteiger partial charge is 0.396 e. The molecular formula is C36H72N10O8. The summed E-state index contributed by atoms with van der Waals surface area (Å²) in [4.78, 5) is 76.7. The van der Waals surface area contributed by atoms with Crippen LogP contribution in [0.15, 0.2) is 0 Å². The lowest BCUT2D eigenvalue weighted by Crippen LogP contribution is -2.54. The van der Waals surface area contributed by atoms with Crippen LogP contribution in [0.5, 0.6) is 0 Å². The number of hydrogen-bond acceptors (Lipinski definition) is 12. The molecule has 0 rings (SSSR count). The molecule has 0 saturated heterocycles. The van der Waals surface area contributed by atoms with Gasteiger partial charge in [0, 0.05) is 25.9 Å². The van der Waals surface area contributed by atoms with Gasteiger partial charge in [0.2, 0.25) is 35.4 Å². The van der Waals surface area contributed by atoms with Crippen molar-refractivity contribution in [3.05, 3.63) is 0 Å². The smallest absolute Gasteiger partial charge is 0.243 e. The average molecular weight is 773 g/mol. The number of carbonyl (C=O) groups excluding carboxylic acids is 6. The molecule has 0 aliphatic carbocycles. The zero-order valence-corrected chi connectivity index (χ0v) is 32.3. The Labute approximate surface area is 321 Å². The summed E-state index contributed by atoms with van der Waals surface area (Å²) in [5.41, 5.74) is 22.4. The van der Waals surface area contributed by atoms with E-state index in [0.717, 1.165) is 12.8 Å². The number of aliphatic hydroxyl groups is 2. The Balaban J connectivity index is 4.99. The lowest BCUT2D eigenvalue weighted by Gasteiger charge is -2.23. The minimum absolute atomic E-state index is 0.132. The molecule has 18 heteroatoms. The van der Waals surface area contributed by atoms with Crippen molar-refractivity contribution in [1.82, 2.24) is 31.9 Å². The molecule has 0 bridgehead atoms. The van der Waals surface area contributed by atoms with Crippen LogP contribution in [0.4, 0.5) is 0 Å². The van der Waals surface area contributed by atoms with Crippen LogP contribution in [0.3, 0.4) is 0 Å². The normalized spacial score (nSPS) is 13.2. The van der Waals surface area contributed by atoms with Crippen molar-refractivity contribution in [3.63, 3.8) is 0 Å². The van der Waals surface area contributed by atoms with Gasteiger partial charge in [-0.05, 0) is 116 Å². The third kappa shape index (κ3) is 25.6. The van der Waals surface area contributed by atoms with Crippen LogP contribution in [0.2, 0.25) is 0 Å². The van der Waals surface area contributed by atoms with Gasteiger partial charge in [-0.15, -0.1) is 0 Å². The van der Waals surface area contributed by atoms with Crippen LogP contribution in [0.1, 0.15) is 116 Å². The summed E-state index contributed by atoms with van der Waals surface area (Å²) < 4.78 is 0. The molecule has 0 spiro atoms. The van der Waals surface area contributed by atoms with Gasteiger partial charge in [-0.3, -0.25) is 28.8 Å². The second-order valence-electron chi connectivity index (χ2n) is 13.4. The second kappa shape index (κ2) is 34.1. The molecule has 54 heavy (non-hydrogen) atoms. The number of nitrogens with one attached hydrogen (secondary N) is 6. The van der Waals surface area contributed by atoms with Gasteiger partial charge in [-0.25, -0.2) is 0 Å². The Morgan fingerprint density at radius 3 is 0.963 bits per heavy atom. The van der Waals surface area contributed by atoms with Crippen LogP contribution < -0.4 is 54.8 Å². The van der Waals surface area contributed by atoms with Gasteiger partial charge in [-0.1, -0.05) is 12.8 Å². The zero-order chi connectivity index (χ0) is 40.4. The van der Waals surface area contributed by atoms with E-state index in [1.54, 1.807) is 0 Å². The van der Waals surface area contributed by atoms with Crippen molar-refractivity contribution in [1.29, 1.82) is 0 Å². The summed E-state index contributed by atoms with van der Waals surface area (Å²) in [7, 11) is 0. The predicted octanol–water partition coefficient (Wildman–Crippen LogP) is -2.00. The lowest BCUT2D eigenvalue weighted by atomic mass is 10.0. The third-order valence-corrected chi connectivity index (χ3v) is 8.74. The van der Waals surface area contributed by atoms with E-state index in [1.807, 2.05) is 0 Å². The molecule has 0 radical (unpaired) electrons. The molecule has 0 aromatic heterocycles. The monoisotopic (exact) mass is 773 g/mol. The number of nitrogens with two attached hydrogens (primary N) is 4. The first-order valence-corrected chi connectivity index (χ1v) is 19.8. The van der Waals surface area contributed by atoms with Gasteiger partial charge < -0.3 is 65.0 Å². The Kier molecular flexibility index (Phi) is 31.9. The van der Waals surface area contributed by atoms with E-state index in [0.29, 0.717) is 129 Å². The number of unbranched alkanes of at least 4 members (excludes halogenated alkanes) is 7. The lowest BCUT2D eigenvalue weighted by molar-refractivity contribution is -0.132. The van der Waals surface area contributed by atoms with Crippen molar-refractivity contribution in [3.8, 4) is 0 Å². The molecule has 0 unspecified atom stereocenters. The minimum atomic E-state index is -0.855. The average Bonchev–Trinajstić information content (AvgIpc) is 3.14. The van der Waals surface area contributed by atoms with Gasteiger partial charge >= 0.3 is 0 Å². The fourth-order valence-corrected chi connectivity index (χ4v) is 5.60. The molecule has 0 heterocycles. The van der Waals surface area contributed by atoms with Gasteiger partial charge in [0.25, 0.3) is 0 Å². The summed E-state index contributed by atoms with van der Waals surface area (Å²) in [6.07, 6.45) is 9.29. The van der Waals surface area contributed by atoms with E-state index < -0.39 is 47.8 Å². The molecule has 0 aliphatic rings. The summed E-state index contributed by atoms with van der Waals surface area (Å²) in [5, 5.41) is 34.8. The molecule has 0 aromatic carbocycles. The molecule has 314 valence electrons. The quantitative estimate of drug-likeness (QED) is 0.0311. The highest BCUT2D eigenvalue weighted by Gasteiger charge is 2.27. The van der Waals surface area contributed by atoms with Crippen LogP contribution in [-0.4, -0.2) is 122 Å². The molecule has 4 atom stereocenters. The number of rotatable bonds is 35. The maximum atomic E-state index is 13.1. The van der Waals surface area contributed by atoms with E-state index in [2.05, 4.69) is 31.9 Å². The molecule has 0 fully saturated rings. The second-order valence-corrected chi connectivity index (χ2v) is 13.4. The topological polar surface area (TPSA) is 319 Å². The number of carbonyl (C=O) groups is 6. The maximum absolute atomic E-state index is 13.1. The van der Waals surface area contributed by atoms with Gasteiger partial charge in [0.1, 0.15) is 24.2 Å². The highest BCUT2D eigenvalue weighted by molar-refractivity contribution is 5.93. The summed E-state index contributed by atoms with van der Waals surface area (Å²) >= 11 is 0. The van der Waals surface area contributed by atoms with E-state index in [9.17, 15) is 28.8 Å². The van der Waals surface area contributed by atoms with E-state index in [4.69, 9.17) is 33.1 Å². The molecule has 0 aliphatic heterocycles. The van der Waals surface area contributed by atoms with Gasteiger partial charge in [-0.2, -0.15) is 0 Å². The van der Waals surface area contributed by atoms with Crippen LogP contribution in [0, 0.1) is 0 Å². The van der Waals surface area contributed by atoms with Gasteiger partial charge in [0.15, 0.2) is 0 Å². The summed E-state index contributed by atoms with van der Waals surface area (Å²) in [6.45, 7) is 1.88. The van der Waals surface area contributed by atoms with Gasteiger partial charge in [0.05, 0.1) is 13.2 Å². The zero-order valence-electron chi connectivity index (χ0n) is 32.3. The van der Waals surface area contributed by atoms with Crippen molar-refractivity contribution in [2.24, 2.45) is 22.9 Å². The first kappa shape index (κ1) is 50.6. The third-order valence-electron chi connectivity index (χ3n) is 8.74. The Morgan fingerprint density at radius 1 is 0.389 bits per heavy atom. The number of hydrogen-bond donors (Lipinski definition) is 12. The highest BCUT2D eigenvalue weighted by Crippen LogP contribution is 2.08. The first-order chi connectivity index (χ1) is 26.1. The van der Waals surface area contributed by atoms with E-state index in [-0.39, 0.29) is 37.9 Å². The number of aliphatic hydroxyl groups excluding tert-OH is 2. The fourth-order valence-electron chi connectivity index (χ4n) is 5.60. The molecule has 6 amide bonds. The Morgan fingerprint density at radius 2 is 0.685 bits per heavy atom. The van der Waals surface area contributed by atoms with E-state index >= 15 is 0 Å². The first-order valence-electron chi connectivity index (χ1n) is 19.8. The number of amides is 6. The van der Waals surface area contributed by atoms with Crippen molar-refractivity contribution >= 4 is 35.4 Å².